The number of hydrogen-bond donors (Lipinski definition) is 0. The van der Waals surface area contributed by atoms with Crippen LogP contribution < -0.4 is 0 Å². The van der Waals surface area contributed by atoms with E-state index in [1.165, 1.54) is 11.4 Å². The standard InChI is InChI=1S/C10H17NO/c1-8-5-6-9(2)11(8)10(3)7-12-4/h5-6,10H,7H2,1-4H3/t10-/m0/s1. The van der Waals surface area contributed by atoms with Crippen LogP contribution in [0.15, 0.2) is 12.1 Å². The summed E-state index contributed by atoms with van der Waals surface area (Å²) in [6.07, 6.45) is 0. The Bertz CT molecular complexity index is 233. The van der Waals surface area contributed by atoms with Crippen LogP contribution in [-0.2, 0) is 4.74 Å². The van der Waals surface area contributed by atoms with Gasteiger partial charge in [0.05, 0.1) is 12.6 Å². The average molecular weight is 167 g/mol. The minimum atomic E-state index is 0.435. The predicted molar refractivity (Wildman–Crippen MR) is 50.5 cm³/mol. The average Bonchev–Trinajstić information content (AvgIpc) is 2.32. The molecule has 1 atom stereocenters. The Morgan fingerprint density at radius 3 is 2.25 bits per heavy atom. The van der Waals surface area contributed by atoms with Gasteiger partial charge >= 0.3 is 0 Å². The zero-order valence-corrected chi connectivity index (χ0v) is 8.29. The summed E-state index contributed by atoms with van der Waals surface area (Å²) >= 11 is 0. The summed E-state index contributed by atoms with van der Waals surface area (Å²) in [4.78, 5) is 0. The topological polar surface area (TPSA) is 14.2 Å². The molecule has 0 N–H and O–H groups in total. The van der Waals surface area contributed by atoms with E-state index < -0.39 is 0 Å². The molecule has 12 heavy (non-hydrogen) atoms. The molecule has 0 aliphatic rings. The number of rotatable bonds is 3. The molecule has 1 aromatic heterocycles. The second-order valence-corrected chi connectivity index (χ2v) is 3.29. The first kappa shape index (κ1) is 9.33. The Balaban J connectivity index is 2.85. The lowest BCUT2D eigenvalue weighted by Crippen LogP contribution is -2.13. The van der Waals surface area contributed by atoms with Crippen LogP contribution in [0.1, 0.15) is 24.4 Å². The smallest absolute Gasteiger partial charge is 0.0667 e. The van der Waals surface area contributed by atoms with Gasteiger partial charge in [0.1, 0.15) is 0 Å². The molecule has 1 heterocycles. The highest BCUT2D eigenvalue weighted by atomic mass is 16.5. The summed E-state index contributed by atoms with van der Waals surface area (Å²) in [5, 5.41) is 0. The Kier molecular flexibility index (Phi) is 2.93. The number of hydrogen-bond acceptors (Lipinski definition) is 1. The maximum absolute atomic E-state index is 5.12. The van der Waals surface area contributed by atoms with Crippen molar-refractivity contribution in [3.63, 3.8) is 0 Å². The molecule has 2 heteroatoms. The first-order valence-electron chi connectivity index (χ1n) is 4.30. The predicted octanol–water partition coefficient (Wildman–Crippen LogP) is 2.31. The molecule has 0 amide bonds. The third-order valence-corrected chi connectivity index (χ3v) is 2.17. The fourth-order valence-corrected chi connectivity index (χ4v) is 1.69. The monoisotopic (exact) mass is 167 g/mol. The van der Waals surface area contributed by atoms with E-state index in [-0.39, 0.29) is 0 Å². The molecule has 0 aliphatic carbocycles. The lowest BCUT2D eigenvalue weighted by atomic mass is 10.3. The van der Waals surface area contributed by atoms with Gasteiger partial charge in [0.15, 0.2) is 0 Å². The van der Waals surface area contributed by atoms with Crippen LogP contribution in [-0.4, -0.2) is 18.3 Å². The van der Waals surface area contributed by atoms with Crippen LogP contribution >= 0.6 is 0 Å². The molecule has 0 aliphatic heterocycles. The summed E-state index contributed by atoms with van der Waals surface area (Å²) < 4.78 is 7.41. The Morgan fingerprint density at radius 1 is 1.33 bits per heavy atom. The van der Waals surface area contributed by atoms with Crippen LogP contribution in [0.2, 0.25) is 0 Å². The molecule has 1 rings (SSSR count). The van der Waals surface area contributed by atoms with Gasteiger partial charge in [-0.05, 0) is 32.9 Å². The van der Waals surface area contributed by atoms with Crippen molar-refractivity contribution in [1.82, 2.24) is 4.57 Å². The van der Waals surface area contributed by atoms with Crippen LogP contribution in [0, 0.1) is 13.8 Å². The van der Waals surface area contributed by atoms with E-state index in [0.717, 1.165) is 6.61 Å². The lowest BCUT2D eigenvalue weighted by molar-refractivity contribution is 0.161. The Morgan fingerprint density at radius 2 is 1.83 bits per heavy atom. The first-order chi connectivity index (χ1) is 5.66. The van der Waals surface area contributed by atoms with E-state index >= 15 is 0 Å². The van der Waals surface area contributed by atoms with Crippen molar-refractivity contribution in [1.29, 1.82) is 0 Å². The van der Waals surface area contributed by atoms with E-state index in [0.29, 0.717) is 6.04 Å². The maximum atomic E-state index is 5.12. The number of aromatic nitrogens is 1. The maximum Gasteiger partial charge on any atom is 0.0667 e. The zero-order valence-electron chi connectivity index (χ0n) is 8.29. The van der Waals surface area contributed by atoms with Crippen molar-refractivity contribution in [2.45, 2.75) is 26.8 Å². The quantitative estimate of drug-likeness (QED) is 0.673. The SMILES string of the molecule is COC[C@H](C)n1c(C)ccc1C. The highest BCUT2D eigenvalue weighted by molar-refractivity contribution is 5.14. The van der Waals surface area contributed by atoms with Gasteiger partial charge in [0, 0.05) is 18.5 Å². The molecule has 0 unspecified atom stereocenters. The molecule has 0 spiro atoms. The Labute approximate surface area is 74.2 Å². The number of ether oxygens (including phenoxy) is 1. The van der Waals surface area contributed by atoms with Crippen molar-refractivity contribution in [2.24, 2.45) is 0 Å². The highest BCUT2D eigenvalue weighted by Crippen LogP contribution is 2.14. The van der Waals surface area contributed by atoms with Gasteiger partial charge in [0.2, 0.25) is 0 Å². The third kappa shape index (κ3) is 1.69. The molecule has 0 bridgehead atoms. The van der Waals surface area contributed by atoms with Crippen molar-refractivity contribution in [2.75, 3.05) is 13.7 Å². The van der Waals surface area contributed by atoms with Crippen molar-refractivity contribution in [3.05, 3.63) is 23.5 Å². The minimum absolute atomic E-state index is 0.435. The fourth-order valence-electron chi connectivity index (χ4n) is 1.69. The molecule has 0 saturated carbocycles. The van der Waals surface area contributed by atoms with E-state index in [1.54, 1.807) is 7.11 Å². The summed E-state index contributed by atoms with van der Waals surface area (Å²) in [6, 6.07) is 4.72. The zero-order chi connectivity index (χ0) is 9.14. The van der Waals surface area contributed by atoms with E-state index in [1.807, 2.05) is 0 Å². The van der Waals surface area contributed by atoms with Gasteiger partial charge in [-0.15, -0.1) is 0 Å². The van der Waals surface area contributed by atoms with Crippen molar-refractivity contribution in [3.8, 4) is 0 Å². The van der Waals surface area contributed by atoms with Gasteiger partial charge < -0.3 is 9.30 Å². The normalized spacial score (nSPS) is 13.3. The van der Waals surface area contributed by atoms with Crippen molar-refractivity contribution >= 4 is 0 Å². The molecular weight excluding hydrogens is 150 g/mol. The summed E-state index contributed by atoms with van der Waals surface area (Å²) in [5.41, 5.74) is 2.61. The summed E-state index contributed by atoms with van der Waals surface area (Å²) in [6.45, 7) is 7.19. The summed E-state index contributed by atoms with van der Waals surface area (Å²) in [5.74, 6) is 0. The van der Waals surface area contributed by atoms with Gasteiger partial charge in [-0.3, -0.25) is 0 Å². The van der Waals surface area contributed by atoms with E-state index in [4.69, 9.17) is 4.74 Å². The van der Waals surface area contributed by atoms with Gasteiger partial charge in [0.25, 0.3) is 0 Å². The van der Waals surface area contributed by atoms with Crippen LogP contribution in [0.3, 0.4) is 0 Å². The second kappa shape index (κ2) is 3.76. The van der Waals surface area contributed by atoms with E-state index in [2.05, 4.69) is 37.5 Å². The van der Waals surface area contributed by atoms with Gasteiger partial charge in [-0.1, -0.05) is 0 Å². The fraction of sp³-hybridized carbons (Fsp3) is 0.600. The second-order valence-electron chi connectivity index (χ2n) is 3.29. The highest BCUT2D eigenvalue weighted by Gasteiger charge is 2.07. The first-order valence-corrected chi connectivity index (χ1v) is 4.30. The molecule has 1 aromatic rings. The summed E-state index contributed by atoms with van der Waals surface area (Å²) in [7, 11) is 1.74. The lowest BCUT2D eigenvalue weighted by Gasteiger charge is -2.17. The molecule has 68 valence electrons. The molecule has 2 nitrogen and oxygen atoms in total. The van der Waals surface area contributed by atoms with Gasteiger partial charge in [-0.2, -0.15) is 0 Å². The number of aryl methyl sites for hydroxylation is 2. The molecule has 0 saturated heterocycles. The van der Waals surface area contributed by atoms with Crippen LogP contribution in [0.25, 0.3) is 0 Å². The Hall–Kier alpha value is -0.760. The van der Waals surface area contributed by atoms with Crippen LogP contribution in [0.4, 0.5) is 0 Å². The number of methoxy groups -OCH3 is 1. The molecular formula is C10H17NO. The largest absolute Gasteiger partial charge is 0.383 e. The van der Waals surface area contributed by atoms with Crippen LogP contribution in [0.5, 0.6) is 0 Å². The molecule has 0 aromatic carbocycles. The third-order valence-electron chi connectivity index (χ3n) is 2.17. The minimum Gasteiger partial charge on any atom is -0.383 e. The van der Waals surface area contributed by atoms with Gasteiger partial charge in [-0.25, -0.2) is 0 Å². The number of nitrogens with zero attached hydrogens (tertiary/aromatic N) is 1. The van der Waals surface area contributed by atoms with E-state index in [9.17, 15) is 0 Å². The van der Waals surface area contributed by atoms with Crippen molar-refractivity contribution < 1.29 is 4.74 Å². The molecule has 0 radical (unpaired) electrons. The molecule has 0 fully saturated rings.